The third kappa shape index (κ3) is 5.13. The molecule has 2 aliphatic rings. The zero-order valence-corrected chi connectivity index (χ0v) is 18.0. The van der Waals surface area contributed by atoms with Crippen LogP contribution in [-0.2, 0) is 4.79 Å². The zero-order valence-electron chi connectivity index (χ0n) is 18.0. The molecule has 2 heterocycles. The first-order valence-electron chi connectivity index (χ1n) is 11.1. The molecule has 2 aliphatic heterocycles. The van der Waals surface area contributed by atoms with Gasteiger partial charge in [-0.15, -0.1) is 0 Å². The van der Waals surface area contributed by atoms with E-state index in [4.69, 9.17) is 0 Å². The molecular formula is C25H30FN3O2. The molecule has 0 radical (unpaired) electrons. The Hall–Kier alpha value is -2.73. The average Bonchev–Trinajstić information content (AvgIpc) is 3.30. The molecule has 1 atom stereocenters. The maximum absolute atomic E-state index is 13.4. The normalized spacial score (nSPS) is 20.1. The third-order valence-electron chi connectivity index (χ3n) is 6.65. The Balaban J connectivity index is 1.23. The van der Waals surface area contributed by atoms with Gasteiger partial charge in [-0.3, -0.25) is 14.5 Å². The number of likely N-dealkylation sites (tertiary alicyclic amines) is 2. The topological polar surface area (TPSA) is 52.7 Å². The molecule has 2 aromatic carbocycles. The average molecular weight is 424 g/mol. The maximum Gasteiger partial charge on any atom is 0.251 e. The van der Waals surface area contributed by atoms with Gasteiger partial charge < -0.3 is 10.2 Å². The van der Waals surface area contributed by atoms with E-state index in [1.165, 1.54) is 23.8 Å². The summed E-state index contributed by atoms with van der Waals surface area (Å²) in [6.45, 7) is 5.16. The van der Waals surface area contributed by atoms with Gasteiger partial charge in [-0.1, -0.05) is 30.3 Å². The number of hydrogen-bond acceptors (Lipinski definition) is 3. The van der Waals surface area contributed by atoms with Crippen molar-refractivity contribution in [3.8, 4) is 0 Å². The van der Waals surface area contributed by atoms with Crippen LogP contribution >= 0.6 is 0 Å². The number of rotatable bonds is 5. The highest BCUT2D eigenvalue weighted by Gasteiger charge is 2.32. The summed E-state index contributed by atoms with van der Waals surface area (Å²) in [6.07, 6.45) is 3.29. The minimum Gasteiger partial charge on any atom is -0.343 e. The van der Waals surface area contributed by atoms with E-state index in [1.54, 1.807) is 6.92 Å². The Morgan fingerprint density at radius 3 is 2.48 bits per heavy atom. The van der Waals surface area contributed by atoms with E-state index in [2.05, 4.69) is 40.5 Å². The largest absolute Gasteiger partial charge is 0.343 e. The van der Waals surface area contributed by atoms with Crippen LogP contribution in [0.15, 0.2) is 48.5 Å². The van der Waals surface area contributed by atoms with Crippen LogP contribution in [0.4, 0.5) is 4.39 Å². The lowest BCUT2D eigenvalue weighted by molar-refractivity contribution is -0.129. The highest BCUT2D eigenvalue weighted by atomic mass is 19.1. The molecular weight excluding hydrogens is 393 g/mol. The second-order valence-electron chi connectivity index (χ2n) is 8.65. The van der Waals surface area contributed by atoms with Crippen molar-refractivity contribution < 1.29 is 14.0 Å². The van der Waals surface area contributed by atoms with Gasteiger partial charge in [0.15, 0.2) is 0 Å². The van der Waals surface area contributed by atoms with Crippen molar-refractivity contribution in [1.82, 2.24) is 15.1 Å². The van der Waals surface area contributed by atoms with Gasteiger partial charge in [0.1, 0.15) is 5.82 Å². The number of hydrogen-bond donors (Lipinski definition) is 1. The quantitative estimate of drug-likeness (QED) is 0.803. The van der Waals surface area contributed by atoms with Crippen molar-refractivity contribution >= 4 is 11.8 Å². The standard InChI is InChI=1S/C25H30FN3O2/c1-18-15-21(7-8-23(18)26)25(31)27-16-24(30)29-14-11-22(17-29)28-12-9-20(10-13-28)19-5-3-2-4-6-19/h2-8,15,20,22H,9-14,16-17H2,1H3,(H,27,31). The number of nitrogens with one attached hydrogen (secondary N) is 1. The van der Waals surface area contributed by atoms with Crippen molar-refractivity contribution in [3.05, 3.63) is 71.0 Å². The fourth-order valence-corrected chi connectivity index (χ4v) is 4.75. The summed E-state index contributed by atoms with van der Waals surface area (Å²) in [5.41, 5.74) is 2.21. The SMILES string of the molecule is Cc1cc(C(=O)NCC(=O)N2CCC(N3CCC(c4ccccc4)CC3)C2)ccc1F. The summed E-state index contributed by atoms with van der Waals surface area (Å²) >= 11 is 0. The second kappa shape index (κ2) is 9.60. The van der Waals surface area contributed by atoms with Gasteiger partial charge in [0, 0.05) is 24.7 Å². The van der Waals surface area contributed by atoms with Crippen LogP contribution in [0.1, 0.15) is 46.7 Å². The number of halogens is 1. The second-order valence-corrected chi connectivity index (χ2v) is 8.65. The van der Waals surface area contributed by atoms with Crippen LogP contribution in [-0.4, -0.2) is 60.4 Å². The molecule has 2 aromatic rings. The summed E-state index contributed by atoms with van der Waals surface area (Å²) in [6, 6.07) is 15.3. The van der Waals surface area contributed by atoms with Crippen LogP contribution in [0.5, 0.6) is 0 Å². The highest BCUT2D eigenvalue weighted by molar-refractivity contribution is 5.96. The van der Waals surface area contributed by atoms with Crippen molar-refractivity contribution in [2.24, 2.45) is 0 Å². The van der Waals surface area contributed by atoms with Gasteiger partial charge in [0.25, 0.3) is 5.91 Å². The summed E-state index contributed by atoms with van der Waals surface area (Å²) in [5, 5.41) is 2.67. The number of carbonyl (C=O) groups is 2. The lowest BCUT2D eigenvalue weighted by Crippen LogP contribution is -2.44. The predicted octanol–water partition coefficient (Wildman–Crippen LogP) is 3.34. The van der Waals surface area contributed by atoms with Crippen LogP contribution in [0, 0.1) is 12.7 Å². The molecule has 1 unspecified atom stereocenters. The lowest BCUT2D eigenvalue weighted by Gasteiger charge is -2.36. The minimum absolute atomic E-state index is 0.0297. The minimum atomic E-state index is -0.352. The van der Waals surface area contributed by atoms with E-state index in [0.717, 1.165) is 45.4 Å². The first kappa shape index (κ1) is 21.5. The van der Waals surface area contributed by atoms with Crippen LogP contribution in [0.3, 0.4) is 0 Å². The number of benzene rings is 2. The summed E-state index contributed by atoms with van der Waals surface area (Å²) in [5.74, 6) is -0.130. The monoisotopic (exact) mass is 423 g/mol. The first-order chi connectivity index (χ1) is 15.0. The van der Waals surface area contributed by atoms with Gasteiger partial charge in [0.2, 0.25) is 5.91 Å². The molecule has 164 valence electrons. The zero-order chi connectivity index (χ0) is 21.8. The molecule has 2 saturated heterocycles. The van der Waals surface area contributed by atoms with Crippen LogP contribution in [0.2, 0.25) is 0 Å². The summed E-state index contributed by atoms with van der Waals surface area (Å²) < 4.78 is 13.4. The maximum atomic E-state index is 13.4. The van der Waals surface area contributed by atoms with Crippen LogP contribution in [0.25, 0.3) is 0 Å². The van der Waals surface area contributed by atoms with Crippen molar-refractivity contribution in [1.29, 1.82) is 0 Å². The van der Waals surface area contributed by atoms with Gasteiger partial charge in [-0.25, -0.2) is 4.39 Å². The smallest absolute Gasteiger partial charge is 0.251 e. The fraction of sp³-hybridized carbons (Fsp3) is 0.440. The van der Waals surface area contributed by atoms with E-state index in [0.29, 0.717) is 23.1 Å². The molecule has 0 aromatic heterocycles. The molecule has 2 amide bonds. The number of carbonyl (C=O) groups excluding carboxylic acids is 2. The summed E-state index contributed by atoms with van der Waals surface area (Å²) in [4.78, 5) is 29.2. The van der Waals surface area contributed by atoms with E-state index >= 15 is 0 Å². The molecule has 31 heavy (non-hydrogen) atoms. The first-order valence-corrected chi connectivity index (χ1v) is 11.1. The molecule has 5 nitrogen and oxygen atoms in total. The number of piperidine rings is 1. The van der Waals surface area contributed by atoms with Gasteiger partial charge in [-0.2, -0.15) is 0 Å². The molecule has 0 aliphatic carbocycles. The van der Waals surface area contributed by atoms with Gasteiger partial charge >= 0.3 is 0 Å². The molecule has 6 heteroatoms. The Kier molecular flexibility index (Phi) is 6.66. The molecule has 1 N–H and O–H groups in total. The van der Waals surface area contributed by atoms with Crippen LogP contribution < -0.4 is 5.32 Å². The summed E-state index contributed by atoms with van der Waals surface area (Å²) in [7, 11) is 0. The highest BCUT2D eigenvalue weighted by Crippen LogP contribution is 2.30. The Labute approximate surface area is 183 Å². The van der Waals surface area contributed by atoms with E-state index in [-0.39, 0.29) is 24.2 Å². The van der Waals surface area contributed by atoms with E-state index in [9.17, 15) is 14.0 Å². The number of amides is 2. The number of nitrogens with zero attached hydrogens (tertiary/aromatic N) is 2. The van der Waals surface area contributed by atoms with Crippen molar-refractivity contribution in [2.75, 3.05) is 32.7 Å². The van der Waals surface area contributed by atoms with Gasteiger partial charge in [0.05, 0.1) is 6.54 Å². The van der Waals surface area contributed by atoms with Gasteiger partial charge in [-0.05, 0) is 74.5 Å². The third-order valence-corrected chi connectivity index (χ3v) is 6.65. The fourth-order valence-electron chi connectivity index (χ4n) is 4.75. The Morgan fingerprint density at radius 2 is 1.77 bits per heavy atom. The Morgan fingerprint density at radius 1 is 1.03 bits per heavy atom. The molecule has 0 spiro atoms. The number of aryl methyl sites for hydroxylation is 1. The van der Waals surface area contributed by atoms with E-state index < -0.39 is 0 Å². The Bertz CT molecular complexity index is 926. The van der Waals surface area contributed by atoms with Crippen molar-refractivity contribution in [2.45, 2.75) is 38.1 Å². The molecule has 0 saturated carbocycles. The molecule has 4 rings (SSSR count). The lowest BCUT2D eigenvalue weighted by atomic mass is 9.89. The van der Waals surface area contributed by atoms with E-state index in [1.807, 2.05) is 4.90 Å². The van der Waals surface area contributed by atoms with Crippen molar-refractivity contribution in [3.63, 3.8) is 0 Å². The molecule has 0 bridgehead atoms. The predicted molar refractivity (Wildman–Crippen MR) is 118 cm³/mol. The molecule has 2 fully saturated rings.